The fourth-order valence-corrected chi connectivity index (χ4v) is 2.66. The summed E-state index contributed by atoms with van der Waals surface area (Å²) in [6.45, 7) is 2.53. The largest absolute Gasteiger partial charge is 0.352 e. The number of hydrogen-bond donors (Lipinski definition) is 1. The van der Waals surface area contributed by atoms with Crippen LogP contribution in [0.15, 0.2) is 42.5 Å². The second kappa shape index (κ2) is 6.42. The van der Waals surface area contributed by atoms with Crippen LogP contribution < -0.4 is 5.32 Å². The zero-order valence-electron chi connectivity index (χ0n) is 13.1. The summed E-state index contributed by atoms with van der Waals surface area (Å²) in [6.07, 6.45) is 0.772. The highest BCUT2D eigenvalue weighted by molar-refractivity contribution is 6.30. The Bertz CT molecular complexity index is 853. The molecule has 1 heterocycles. The van der Waals surface area contributed by atoms with Crippen molar-refractivity contribution >= 4 is 28.5 Å². The van der Waals surface area contributed by atoms with E-state index in [2.05, 4.69) is 10.3 Å². The molecule has 1 amide bonds. The lowest BCUT2D eigenvalue weighted by Crippen LogP contribution is -2.25. The van der Waals surface area contributed by atoms with E-state index in [9.17, 15) is 4.79 Å². The molecule has 5 heteroatoms. The number of aromatic nitrogens is 2. The molecule has 2 aromatic carbocycles. The number of aryl methyl sites for hydroxylation is 2. The molecule has 0 radical (unpaired) electrons. The van der Waals surface area contributed by atoms with Gasteiger partial charge in [-0.15, -0.1) is 0 Å². The number of carbonyl (C=O) groups excluding carboxylic acids is 1. The highest BCUT2D eigenvalue weighted by Gasteiger charge is 2.09. The summed E-state index contributed by atoms with van der Waals surface area (Å²) in [5.41, 5.74) is 3.65. The molecule has 1 N–H and O–H groups in total. The van der Waals surface area contributed by atoms with E-state index in [1.807, 2.05) is 61.0 Å². The summed E-state index contributed by atoms with van der Waals surface area (Å²) in [6, 6.07) is 13.3. The first-order valence-corrected chi connectivity index (χ1v) is 7.88. The first-order valence-electron chi connectivity index (χ1n) is 7.50. The van der Waals surface area contributed by atoms with Gasteiger partial charge in [0.05, 0.1) is 11.0 Å². The Kier molecular flexibility index (Phi) is 4.35. The number of amides is 1. The second-order valence-corrected chi connectivity index (χ2v) is 5.99. The van der Waals surface area contributed by atoms with Gasteiger partial charge in [0.15, 0.2) is 0 Å². The molecule has 0 saturated heterocycles. The maximum atomic E-state index is 12.3. The number of imidazole rings is 1. The molecule has 3 rings (SSSR count). The lowest BCUT2D eigenvalue weighted by molar-refractivity contribution is 0.0954. The maximum absolute atomic E-state index is 12.3. The number of nitrogens with one attached hydrogen (secondary N) is 1. The first-order chi connectivity index (χ1) is 11.0. The summed E-state index contributed by atoms with van der Waals surface area (Å²) in [4.78, 5) is 16.7. The molecule has 0 unspecified atom stereocenters. The van der Waals surface area contributed by atoms with Gasteiger partial charge >= 0.3 is 0 Å². The fraction of sp³-hybridized carbons (Fsp3) is 0.222. The van der Waals surface area contributed by atoms with E-state index in [1.54, 1.807) is 0 Å². The number of halogens is 1. The second-order valence-electron chi connectivity index (χ2n) is 5.55. The fourth-order valence-electron chi connectivity index (χ4n) is 2.53. The van der Waals surface area contributed by atoms with Crippen molar-refractivity contribution in [2.45, 2.75) is 13.3 Å². The first kappa shape index (κ1) is 15.6. The van der Waals surface area contributed by atoms with Gasteiger partial charge in [-0.1, -0.05) is 23.7 Å². The molecule has 0 atom stereocenters. The monoisotopic (exact) mass is 327 g/mol. The predicted octanol–water partition coefficient (Wildman–Crippen LogP) is 3.51. The van der Waals surface area contributed by atoms with Crippen molar-refractivity contribution in [3.63, 3.8) is 0 Å². The lowest BCUT2D eigenvalue weighted by atomic mass is 10.1. The van der Waals surface area contributed by atoms with Crippen LogP contribution in [0.1, 0.15) is 21.7 Å². The van der Waals surface area contributed by atoms with Gasteiger partial charge < -0.3 is 9.88 Å². The third-order valence-electron chi connectivity index (χ3n) is 3.98. The van der Waals surface area contributed by atoms with Crippen molar-refractivity contribution in [1.29, 1.82) is 0 Å². The van der Waals surface area contributed by atoms with Crippen LogP contribution in [0.2, 0.25) is 5.02 Å². The Morgan fingerprint density at radius 1 is 1.22 bits per heavy atom. The predicted molar refractivity (Wildman–Crippen MR) is 92.9 cm³/mol. The van der Waals surface area contributed by atoms with Crippen LogP contribution in [0.3, 0.4) is 0 Å². The van der Waals surface area contributed by atoms with E-state index >= 15 is 0 Å². The van der Waals surface area contributed by atoms with Crippen LogP contribution in [0.5, 0.6) is 0 Å². The third kappa shape index (κ3) is 3.37. The van der Waals surface area contributed by atoms with Crippen molar-refractivity contribution in [2.24, 2.45) is 7.05 Å². The highest BCUT2D eigenvalue weighted by atomic mass is 35.5. The van der Waals surface area contributed by atoms with Gasteiger partial charge in [0.2, 0.25) is 0 Å². The highest BCUT2D eigenvalue weighted by Crippen LogP contribution is 2.16. The topological polar surface area (TPSA) is 46.9 Å². The number of nitrogens with zero attached hydrogens (tertiary/aromatic N) is 2. The van der Waals surface area contributed by atoms with Crippen LogP contribution in [0.25, 0.3) is 11.0 Å². The van der Waals surface area contributed by atoms with Crippen LogP contribution in [0, 0.1) is 6.92 Å². The number of fused-ring (bicyclic) bond motifs is 1. The number of benzene rings is 2. The summed E-state index contributed by atoms with van der Waals surface area (Å²) in [5, 5.41) is 3.66. The van der Waals surface area contributed by atoms with Crippen molar-refractivity contribution in [3.8, 4) is 0 Å². The molecule has 1 aromatic heterocycles. The van der Waals surface area contributed by atoms with Crippen molar-refractivity contribution in [1.82, 2.24) is 14.9 Å². The van der Waals surface area contributed by atoms with Gasteiger partial charge in [0, 0.05) is 24.2 Å². The number of hydrogen-bond acceptors (Lipinski definition) is 2. The molecule has 0 fully saturated rings. The molecule has 4 nitrogen and oxygen atoms in total. The minimum absolute atomic E-state index is 0.0795. The van der Waals surface area contributed by atoms with E-state index in [0.29, 0.717) is 12.1 Å². The van der Waals surface area contributed by atoms with Crippen molar-refractivity contribution in [3.05, 3.63) is 64.4 Å². The van der Waals surface area contributed by atoms with E-state index in [4.69, 9.17) is 11.6 Å². The number of carbonyl (C=O) groups is 1. The smallest absolute Gasteiger partial charge is 0.251 e. The zero-order valence-corrected chi connectivity index (χ0v) is 13.9. The van der Waals surface area contributed by atoms with Gasteiger partial charge in [-0.05, 0) is 49.2 Å². The molecule has 0 aliphatic carbocycles. The molecule has 3 aromatic rings. The normalized spacial score (nSPS) is 10.9. The van der Waals surface area contributed by atoms with Gasteiger partial charge in [0.1, 0.15) is 5.82 Å². The average Bonchev–Trinajstić information content (AvgIpc) is 2.83. The molecule has 0 spiro atoms. The standard InChI is InChI=1S/C18H18ClN3O/c1-12-21-16-11-14(5-8-17(16)22(12)2)18(23)20-10-9-13-3-6-15(19)7-4-13/h3-8,11H,9-10H2,1-2H3,(H,20,23). The summed E-state index contributed by atoms with van der Waals surface area (Å²) in [7, 11) is 1.97. The summed E-state index contributed by atoms with van der Waals surface area (Å²) < 4.78 is 2.01. The Hall–Kier alpha value is -2.33. The summed E-state index contributed by atoms with van der Waals surface area (Å²) in [5.74, 6) is 0.851. The van der Waals surface area contributed by atoms with Crippen molar-refractivity contribution < 1.29 is 4.79 Å². The van der Waals surface area contributed by atoms with E-state index in [0.717, 1.165) is 33.9 Å². The lowest BCUT2D eigenvalue weighted by Gasteiger charge is -2.06. The molecular weight excluding hydrogens is 310 g/mol. The number of rotatable bonds is 4. The van der Waals surface area contributed by atoms with Gasteiger partial charge in [-0.2, -0.15) is 0 Å². The Labute approximate surface area is 140 Å². The molecule has 0 saturated carbocycles. The third-order valence-corrected chi connectivity index (χ3v) is 4.23. The maximum Gasteiger partial charge on any atom is 0.251 e. The van der Waals surface area contributed by atoms with Crippen LogP contribution in [-0.2, 0) is 13.5 Å². The van der Waals surface area contributed by atoms with E-state index in [1.165, 1.54) is 0 Å². The molecular formula is C18H18ClN3O. The molecule has 0 bridgehead atoms. The minimum atomic E-state index is -0.0795. The average molecular weight is 328 g/mol. The molecule has 0 aliphatic rings. The summed E-state index contributed by atoms with van der Waals surface area (Å²) >= 11 is 5.86. The molecule has 0 aliphatic heterocycles. The van der Waals surface area contributed by atoms with Crippen LogP contribution in [-0.4, -0.2) is 22.0 Å². The van der Waals surface area contributed by atoms with Crippen LogP contribution in [0.4, 0.5) is 0 Å². The molecule has 118 valence electrons. The SMILES string of the molecule is Cc1nc2cc(C(=O)NCCc3ccc(Cl)cc3)ccc2n1C. The van der Waals surface area contributed by atoms with Crippen LogP contribution >= 0.6 is 11.6 Å². The van der Waals surface area contributed by atoms with Crippen molar-refractivity contribution in [2.75, 3.05) is 6.54 Å². The Balaban J connectivity index is 1.65. The van der Waals surface area contributed by atoms with E-state index in [-0.39, 0.29) is 5.91 Å². The Morgan fingerprint density at radius 3 is 2.70 bits per heavy atom. The minimum Gasteiger partial charge on any atom is -0.352 e. The van der Waals surface area contributed by atoms with Gasteiger partial charge in [-0.3, -0.25) is 4.79 Å². The van der Waals surface area contributed by atoms with Gasteiger partial charge in [-0.25, -0.2) is 4.98 Å². The molecule has 23 heavy (non-hydrogen) atoms. The zero-order chi connectivity index (χ0) is 16.4. The van der Waals surface area contributed by atoms with E-state index < -0.39 is 0 Å². The quantitative estimate of drug-likeness (QED) is 0.797. The Morgan fingerprint density at radius 2 is 1.96 bits per heavy atom. The van der Waals surface area contributed by atoms with Gasteiger partial charge in [0.25, 0.3) is 5.91 Å².